The lowest BCUT2D eigenvalue weighted by Gasteiger charge is -2.49. The number of ether oxygens (including phenoxy) is 6. The molecule has 3 fully saturated rings. The molecule has 310 valence electrons. The number of rotatable bonds is 17. The highest BCUT2D eigenvalue weighted by atomic mass is 16.8. The molecule has 0 unspecified atom stereocenters. The summed E-state index contributed by atoms with van der Waals surface area (Å²) < 4.78 is 33.9. The number of carbonyl (C=O) groups excluding carboxylic acids is 1. The van der Waals surface area contributed by atoms with E-state index < -0.39 is 149 Å². The van der Waals surface area contributed by atoms with Crippen molar-refractivity contribution in [3.8, 4) is 0 Å². The van der Waals surface area contributed by atoms with E-state index in [1.54, 1.807) is 18.2 Å². The highest BCUT2D eigenvalue weighted by molar-refractivity contribution is 5.73. The number of nitrogens with one attached hydrogen (secondary N) is 2. The standard InChI is InChI=1S/C31H51N3O20/c1-11(39)34-18-28(54-30-24(47)22(45)20(43)14(8-36)50-30)21(44)15(9-37)49-29(18)53-27-16(10-38)51-31(25(48)23(27)46)52-26(13(41)7-35)19(42)12(40)6-33-17-4-2-3-5-32-17/h2-5,12-16,18-31,35-38,40-48H,6-10H2,1H3,(H,32,33)(H,34,39)/t12-,13+,14+,15+,16+,18+,19+,20-,21-,22-,23+,24+,25+,26+,27-,28+,29-,30-,31-/m0/s1. The fourth-order valence-corrected chi connectivity index (χ4v) is 6.23. The number of anilines is 1. The number of hydrogen-bond acceptors (Lipinski definition) is 22. The van der Waals surface area contributed by atoms with Gasteiger partial charge in [0.1, 0.15) is 97.3 Å². The van der Waals surface area contributed by atoms with Gasteiger partial charge in [-0.25, -0.2) is 4.98 Å². The van der Waals surface area contributed by atoms with Crippen LogP contribution >= 0.6 is 0 Å². The lowest BCUT2D eigenvalue weighted by atomic mass is 9.94. The molecule has 1 aromatic heterocycles. The van der Waals surface area contributed by atoms with E-state index in [9.17, 15) is 71.2 Å². The van der Waals surface area contributed by atoms with Crippen molar-refractivity contribution in [3.63, 3.8) is 0 Å². The van der Waals surface area contributed by atoms with Crippen molar-refractivity contribution in [3.05, 3.63) is 24.4 Å². The summed E-state index contributed by atoms with van der Waals surface area (Å²) in [4.78, 5) is 16.3. The van der Waals surface area contributed by atoms with Gasteiger partial charge in [-0.05, 0) is 12.1 Å². The van der Waals surface area contributed by atoms with Crippen LogP contribution in [0.25, 0.3) is 0 Å². The molecular formula is C31H51N3O20. The van der Waals surface area contributed by atoms with Crippen molar-refractivity contribution in [2.45, 2.75) is 123 Å². The van der Waals surface area contributed by atoms with E-state index in [1.165, 1.54) is 6.20 Å². The lowest BCUT2D eigenvalue weighted by molar-refractivity contribution is -0.371. The minimum atomic E-state index is -2.09. The molecule has 4 heterocycles. The van der Waals surface area contributed by atoms with E-state index >= 15 is 0 Å². The van der Waals surface area contributed by atoms with Crippen molar-refractivity contribution >= 4 is 11.7 Å². The van der Waals surface area contributed by atoms with Crippen molar-refractivity contribution in [2.24, 2.45) is 0 Å². The van der Waals surface area contributed by atoms with E-state index in [1.807, 2.05) is 0 Å². The molecule has 0 bridgehead atoms. The number of aromatic nitrogens is 1. The van der Waals surface area contributed by atoms with Crippen molar-refractivity contribution < 1.29 is 99.6 Å². The molecule has 4 rings (SSSR count). The van der Waals surface area contributed by atoms with Crippen LogP contribution in [0, 0.1) is 0 Å². The average Bonchev–Trinajstić information content (AvgIpc) is 3.17. The molecule has 54 heavy (non-hydrogen) atoms. The summed E-state index contributed by atoms with van der Waals surface area (Å²) in [6.45, 7) is -2.91. The first-order valence-electron chi connectivity index (χ1n) is 17.1. The predicted molar refractivity (Wildman–Crippen MR) is 173 cm³/mol. The summed E-state index contributed by atoms with van der Waals surface area (Å²) >= 11 is 0. The Morgan fingerprint density at radius 3 is 1.93 bits per heavy atom. The zero-order valence-electron chi connectivity index (χ0n) is 28.9. The van der Waals surface area contributed by atoms with Crippen LogP contribution in [0.15, 0.2) is 24.4 Å². The second kappa shape index (κ2) is 20.2. The maximum Gasteiger partial charge on any atom is 0.217 e. The number of carbonyl (C=O) groups is 1. The summed E-state index contributed by atoms with van der Waals surface area (Å²) in [7, 11) is 0. The van der Waals surface area contributed by atoms with E-state index in [4.69, 9.17) is 28.4 Å². The summed E-state index contributed by atoms with van der Waals surface area (Å²) in [6, 6.07) is 3.29. The molecule has 15 N–H and O–H groups in total. The maximum absolute atomic E-state index is 12.3. The van der Waals surface area contributed by atoms with Crippen LogP contribution in [-0.2, 0) is 33.2 Å². The molecule has 19 atom stereocenters. The number of amides is 1. The van der Waals surface area contributed by atoms with Crippen LogP contribution in [0.4, 0.5) is 5.82 Å². The normalized spacial score (nSPS) is 39.6. The van der Waals surface area contributed by atoms with Crippen LogP contribution in [-0.4, -0.2) is 227 Å². The molecule has 1 amide bonds. The van der Waals surface area contributed by atoms with Gasteiger partial charge in [0.05, 0.1) is 32.5 Å². The van der Waals surface area contributed by atoms with Gasteiger partial charge in [0.2, 0.25) is 5.91 Å². The highest BCUT2D eigenvalue weighted by Crippen LogP contribution is 2.33. The molecule has 0 spiro atoms. The number of aliphatic hydroxyl groups is 13. The SMILES string of the molecule is CC(=O)N[C@H]1[C@H](O[C@@H]2[C@H](O)[C@@H](O)[C@H](O[C@@H]([C@H](O)[C@@H](O)CNc3ccccn3)[C@H](O)CO)O[C@@H]2CO)O[C@H](CO)[C@H](O)[C@@H]1O[C@@H]1O[C@H](CO)[C@H](O)[C@H](O)[C@H]1O. The summed E-state index contributed by atoms with van der Waals surface area (Å²) in [5, 5.41) is 141. The van der Waals surface area contributed by atoms with E-state index in [0.29, 0.717) is 5.82 Å². The van der Waals surface area contributed by atoms with E-state index in [2.05, 4.69) is 15.6 Å². The first-order chi connectivity index (χ1) is 25.7. The van der Waals surface area contributed by atoms with Crippen LogP contribution < -0.4 is 10.6 Å². The summed E-state index contributed by atoms with van der Waals surface area (Å²) in [6.07, 6.45) is -31.0. The van der Waals surface area contributed by atoms with Gasteiger partial charge in [-0.3, -0.25) is 4.79 Å². The maximum atomic E-state index is 12.3. The van der Waals surface area contributed by atoms with Gasteiger partial charge in [0, 0.05) is 19.7 Å². The zero-order chi connectivity index (χ0) is 39.9. The molecule has 0 aromatic carbocycles. The Bertz CT molecular complexity index is 1270. The highest BCUT2D eigenvalue weighted by Gasteiger charge is 2.55. The van der Waals surface area contributed by atoms with Gasteiger partial charge in [0.25, 0.3) is 0 Å². The fourth-order valence-electron chi connectivity index (χ4n) is 6.23. The Balaban J connectivity index is 1.52. The Morgan fingerprint density at radius 1 is 0.741 bits per heavy atom. The molecule has 1 aromatic rings. The minimum absolute atomic E-state index is 0.316. The topological polar surface area (TPSA) is 372 Å². The van der Waals surface area contributed by atoms with Gasteiger partial charge < -0.3 is 105 Å². The first kappa shape index (κ1) is 44.4. The zero-order valence-corrected chi connectivity index (χ0v) is 28.9. The average molecular weight is 786 g/mol. The molecule has 0 saturated carbocycles. The van der Waals surface area contributed by atoms with E-state index in [-0.39, 0.29) is 6.54 Å². The molecule has 23 heteroatoms. The number of pyridine rings is 1. The molecular weight excluding hydrogens is 734 g/mol. The Kier molecular flexibility index (Phi) is 16.6. The van der Waals surface area contributed by atoms with Crippen molar-refractivity contribution in [1.82, 2.24) is 10.3 Å². The third kappa shape index (κ3) is 10.3. The lowest BCUT2D eigenvalue weighted by Crippen LogP contribution is -2.70. The van der Waals surface area contributed by atoms with Gasteiger partial charge in [-0.15, -0.1) is 0 Å². The van der Waals surface area contributed by atoms with Crippen molar-refractivity contribution in [1.29, 1.82) is 0 Å². The smallest absolute Gasteiger partial charge is 0.217 e. The molecule has 3 aliphatic rings. The van der Waals surface area contributed by atoms with Crippen LogP contribution in [0.1, 0.15) is 6.92 Å². The largest absolute Gasteiger partial charge is 0.394 e. The van der Waals surface area contributed by atoms with Gasteiger partial charge in [-0.1, -0.05) is 6.07 Å². The number of nitrogens with zero attached hydrogens (tertiary/aromatic N) is 1. The van der Waals surface area contributed by atoms with Gasteiger partial charge >= 0.3 is 0 Å². The fraction of sp³-hybridized carbons (Fsp3) is 0.806. The van der Waals surface area contributed by atoms with Crippen LogP contribution in [0.2, 0.25) is 0 Å². The Labute approximate surface area is 307 Å². The monoisotopic (exact) mass is 785 g/mol. The minimum Gasteiger partial charge on any atom is -0.394 e. The molecule has 0 aliphatic carbocycles. The number of aliphatic hydroxyl groups excluding tert-OH is 13. The molecule has 23 nitrogen and oxygen atoms in total. The quantitative estimate of drug-likeness (QED) is 0.0697. The molecule has 0 radical (unpaired) electrons. The molecule has 3 saturated heterocycles. The van der Waals surface area contributed by atoms with E-state index in [0.717, 1.165) is 6.92 Å². The molecule has 3 aliphatic heterocycles. The summed E-state index contributed by atoms with van der Waals surface area (Å²) in [5.74, 6) is -0.421. The van der Waals surface area contributed by atoms with Crippen molar-refractivity contribution in [2.75, 3.05) is 38.3 Å². The first-order valence-corrected chi connectivity index (χ1v) is 17.1. The summed E-state index contributed by atoms with van der Waals surface area (Å²) in [5.41, 5.74) is 0. The second-order valence-corrected chi connectivity index (χ2v) is 13.1. The third-order valence-corrected chi connectivity index (χ3v) is 9.22. The van der Waals surface area contributed by atoms with Gasteiger partial charge in [0.15, 0.2) is 18.9 Å². The number of hydrogen-bond donors (Lipinski definition) is 15. The van der Waals surface area contributed by atoms with Crippen LogP contribution in [0.3, 0.4) is 0 Å². The predicted octanol–water partition coefficient (Wildman–Crippen LogP) is -8.45. The Hall–Kier alpha value is -2.34. The Morgan fingerprint density at radius 2 is 1.33 bits per heavy atom. The second-order valence-electron chi connectivity index (χ2n) is 13.1. The third-order valence-electron chi connectivity index (χ3n) is 9.22. The van der Waals surface area contributed by atoms with Gasteiger partial charge in [-0.2, -0.15) is 0 Å². The van der Waals surface area contributed by atoms with Crippen LogP contribution in [0.5, 0.6) is 0 Å².